The van der Waals surface area contributed by atoms with Gasteiger partial charge in [-0.3, -0.25) is 4.79 Å². The monoisotopic (exact) mass is 288 g/mol. The van der Waals surface area contributed by atoms with Crippen molar-refractivity contribution in [3.63, 3.8) is 0 Å². The molecule has 0 spiro atoms. The van der Waals surface area contributed by atoms with Crippen molar-refractivity contribution in [2.75, 3.05) is 24.5 Å². The summed E-state index contributed by atoms with van der Waals surface area (Å²) in [7, 11) is 0. The number of carbonyl (C=O) groups is 1. The highest BCUT2D eigenvalue weighted by Crippen LogP contribution is 2.21. The maximum absolute atomic E-state index is 12.4. The molecule has 0 aliphatic carbocycles. The average molecular weight is 288 g/mol. The molecule has 1 atom stereocenters. The third-order valence-electron chi connectivity index (χ3n) is 4.67. The molecule has 1 amide bonds. The third-order valence-corrected chi connectivity index (χ3v) is 4.67. The van der Waals surface area contributed by atoms with Crippen LogP contribution in [-0.4, -0.2) is 42.1 Å². The summed E-state index contributed by atoms with van der Waals surface area (Å²) in [6.45, 7) is 4.86. The van der Waals surface area contributed by atoms with E-state index in [1.807, 2.05) is 31.3 Å². The summed E-state index contributed by atoms with van der Waals surface area (Å²) in [6.07, 6.45) is 5.82. The van der Waals surface area contributed by atoms with Crippen LogP contribution in [0.1, 0.15) is 32.6 Å². The molecule has 0 radical (unpaired) electrons. The molecule has 2 saturated heterocycles. The van der Waals surface area contributed by atoms with E-state index in [9.17, 15) is 4.79 Å². The van der Waals surface area contributed by atoms with Gasteiger partial charge in [-0.05, 0) is 51.3 Å². The number of piperidine rings is 1. The molecule has 0 bridgehead atoms. The highest BCUT2D eigenvalue weighted by Gasteiger charge is 2.37. The van der Waals surface area contributed by atoms with Crippen LogP contribution in [0, 0.1) is 0 Å². The van der Waals surface area contributed by atoms with Crippen molar-refractivity contribution in [1.82, 2.24) is 15.6 Å². The smallest absolute Gasteiger partial charge is 0.240 e. The second-order valence-electron chi connectivity index (χ2n) is 6.29. The van der Waals surface area contributed by atoms with Gasteiger partial charge in [0.05, 0.1) is 5.54 Å². The molecule has 2 fully saturated rings. The quantitative estimate of drug-likeness (QED) is 0.880. The number of anilines is 1. The first kappa shape index (κ1) is 14.3. The Morgan fingerprint density at radius 2 is 2.24 bits per heavy atom. The van der Waals surface area contributed by atoms with Gasteiger partial charge in [-0.1, -0.05) is 6.07 Å². The number of aromatic nitrogens is 1. The molecule has 5 nitrogen and oxygen atoms in total. The van der Waals surface area contributed by atoms with E-state index in [0.29, 0.717) is 0 Å². The summed E-state index contributed by atoms with van der Waals surface area (Å²) in [4.78, 5) is 19.1. The van der Waals surface area contributed by atoms with Gasteiger partial charge in [0.2, 0.25) is 5.91 Å². The zero-order chi connectivity index (χ0) is 14.7. The number of carbonyl (C=O) groups excluding carboxylic acids is 1. The molecular formula is C16H24N4O. The lowest BCUT2D eigenvalue weighted by molar-refractivity contribution is -0.127. The SMILES string of the molecule is CC1(C(=O)NC2CCN(c3ccccn3)CC2)CCCN1. The van der Waals surface area contributed by atoms with Crippen LogP contribution < -0.4 is 15.5 Å². The van der Waals surface area contributed by atoms with Crippen LogP contribution in [0.15, 0.2) is 24.4 Å². The minimum atomic E-state index is -0.363. The van der Waals surface area contributed by atoms with Gasteiger partial charge in [0.25, 0.3) is 0 Å². The van der Waals surface area contributed by atoms with E-state index in [4.69, 9.17) is 0 Å². The van der Waals surface area contributed by atoms with Crippen LogP contribution in [0.3, 0.4) is 0 Å². The fourth-order valence-electron chi connectivity index (χ4n) is 3.23. The molecule has 21 heavy (non-hydrogen) atoms. The third kappa shape index (κ3) is 3.18. The Labute approximate surface area is 126 Å². The Morgan fingerprint density at radius 3 is 2.86 bits per heavy atom. The number of rotatable bonds is 3. The second kappa shape index (κ2) is 6.02. The zero-order valence-corrected chi connectivity index (χ0v) is 12.6. The number of nitrogens with zero attached hydrogens (tertiary/aromatic N) is 2. The molecule has 5 heteroatoms. The van der Waals surface area contributed by atoms with E-state index in [-0.39, 0.29) is 17.5 Å². The molecule has 1 aromatic heterocycles. The molecular weight excluding hydrogens is 264 g/mol. The predicted molar refractivity (Wildman–Crippen MR) is 83.3 cm³/mol. The largest absolute Gasteiger partial charge is 0.356 e. The van der Waals surface area contributed by atoms with Gasteiger partial charge in [0.1, 0.15) is 5.82 Å². The lowest BCUT2D eigenvalue weighted by Crippen LogP contribution is -2.55. The minimum Gasteiger partial charge on any atom is -0.356 e. The van der Waals surface area contributed by atoms with Crippen LogP contribution in [0.4, 0.5) is 5.82 Å². The van der Waals surface area contributed by atoms with Gasteiger partial charge in [-0.25, -0.2) is 4.98 Å². The van der Waals surface area contributed by atoms with E-state index in [1.54, 1.807) is 0 Å². The zero-order valence-electron chi connectivity index (χ0n) is 12.6. The molecule has 2 aliphatic heterocycles. The van der Waals surface area contributed by atoms with Crippen LogP contribution >= 0.6 is 0 Å². The van der Waals surface area contributed by atoms with E-state index in [0.717, 1.165) is 51.1 Å². The summed E-state index contributed by atoms with van der Waals surface area (Å²) in [6, 6.07) is 6.29. The molecule has 3 rings (SSSR count). The van der Waals surface area contributed by atoms with E-state index >= 15 is 0 Å². The maximum Gasteiger partial charge on any atom is 0.240 e. The van der Waals surface area contributed by atoms with Crippen molar-refractivity contribution in [2.24, 2.45) is 0 Å². The van der Waals surface area contributed by atoms with Crippen molar-refractivity contribution < 1.29 is 4.79 Å². The Morgan fingerprint density at radius 1 is 1.43 bits per heavy atom. The molecule has 0 saturated carbocycles. The van der Waals surface area contributed by atoms with Crippen molar-refractivity contribution in [3.8, 4) is 0 Å². The van der Waals surface area contributed by atoms with Crippen molar-refractivity contribution in [3.05, 3.63) is 24.4 Å². The van der Waals surface area contributed by atoms with Gasteiger partial charge in [-0.2, -0.15) is 0 Å². The normalized spacial score (nSPS) is 26.8. The van der Waals surface area contributed by atoms with Gasteiger partial charge in [0.15, 0.2) is 0 Å². The number of pyridine rings is 1. The Kier molecular flexibility index (Phi) is 4.10. The Hall–Kier alpha value is -1.62. The van der Waals surface area contributed by atoms with Gasteiger partial charge >= 0.3 is 0 Å². The average Bonchev–Trinajstić information content (AvgIpc) is 2.97. The first-order valence-corrected chi connectivity index (χ1v) is 7.89. The van der Waals surface area contributed by atoms with Crippen molar-refractivity contribution in [2.45, 2.75) is 44.2 Å². The van der Waals surface area contributed by atoms with Gasteiger partial charge in [-0.15, -0.1) is 0 Å². The molecule has 0 aromatic carbocycles. The van der Waals surface area contributed by atoms with Crippen LogP contribution in [0.5, 0.6) is 0 Å². The number of hydrogen-bond donors (Lipinski definition) is 2. The first-order chi connectivity index (χ1) is 10.2. The first-order valence-electron chi connectivity index (χ1n) is 7.89. The van der Waals surface area contributed by atoms with E-state index < -0.39 is 0 Å². The summed E-state index contributed by atoms with van der Waals surface area (Å²) < 4.78 is 0. The molecule has 2 N–H and O–H groups in total. The fourth-order valence-corrected chi connectivity index (χ4v) is 3.23. The number of amides is 1. The molecule has 2 aliphatic rings. The number of nitrogens with one attached hydrogen (secondary N) is 2. The van der Waals surface area contributed by atoms with E-state index in [1.165, 1.54) is 0 Å². The second-order valence-corrected chi connectivity index (χ2v) is 6.29. The minimum absolute atomic E-state index is 0.163. The molecule has 114 valence electrons. The highest BCUT2D eigenvalue weighted by atomic mass is 16.2. The summed E-state index contributed by atoms with van der Waals surface area (Å²) >= 11 is 0. The van der Waals surface area contributed by atoms with Crippen molar-refractivity contribution >= 4 is 11.7 Å². The lowest BCUT2D eigenvalue weighted by atomic mass is 9.97. The summed E-state index contributed by atoms with van der Waals surface area (Å²) in [5.41, 5.74) is -0.363. The highest BCUT2D eigenvalue weighted by molar-refractivity contribution is 5.86. The molecule has 3 heterocycles. The van der Waals surface area contributed by atoms with Gasteiger partial charge in [0, 0.05) is 25.3 Å². The molecule has 1 unspecified atom stereocenters. The van der Waals surface area contributed by atoms with Crippen LogP contribution in [0.2, 0.25) is 0 Å². The lowest BCUT2D eigenvalue weighted by Gasteiger charge is -2.35. The van der Waals surface area contributed by atoms with Crippen LogP contribution in [-0.2, 0) is 4.79 Å². The number of hydrogen-bond acceptors (Lipinski definition) is 4. The maximum atomic E-state index is 12.4. The Balaban J connectivity index is 1.51. The van der Waals surface area contributed by atoms with E-state index in [2.05, 4.69) is 20.5 Å². The summed E-state index contributed by atoms with van der Waals surface area (Å²) in [5.74, 6) is 1.20. The standard InChI is InChI=1S/C16H24N4O/c1-16(8-4-10-18-16)15(21)19-13-6-11-20(12-7-13)14-5-2-3-9-17-14/h2-3,5,9,13,18H,4,6-8,10-12H2,1H3,(H,19,21). The summed E-state index contributed by atoms with van der Waals surface area (Å²) in [5, 5.41) is 6.55. The Bertz CT molecular complexity index is 476. The topological polar surface area (TPSA) is 57.3 Å². The molecule has 1 aromatic rings. The van der Waals surface area contributed by atoms with Gasteiger partial charge < -0.3 is 15.5 Å². The fraction of sp³-hybridized carbons (Fsp3) is 0.625. The van der Waals surface area contributed by atoms with Crippen LogP contribution in [0.25, 0.3) is 0 Å². The predicted octanol–water partition coefficient (Wildman–Crippen LogP) is 1.31. The van der Waals surface area contributed by atoms with Crippen molar-refractivity contribution in [1.29, 1.82) is 0 Å².